The second-order valence-corrected chi connectivity index (χ2v) is 14.5. The van der Waals surface area contributed by atoms with Crippen molar-refractivity contribution in [2.24, 2.45) is 5.73 Å². The fraction of sp³-hybridized carbons (Fsp3) is 0.651. The first-order chi connectivity index (χ1) is 25.8. The monoisotopic (exact) mass is 764 g/mol. The van der Waals surface area contributed by atoms with E-state index in [0.717, 1.165) is 51.4 Å². The van der Waals surface area contributed by atoms with Gasteiger partial charge in [0.2, 0.25) is 0 Å². The van der Waals surface area contributed by atoms with E-state index in [1.807, 2.05) is 49.5 Å². The summed E-state index contributed by atoms with van der Waals surface area (Å²) in [4.78, 5) is 22.2. The molecule has 0 bridgehead atoms. The maximum Gasteiger partial charge on any atom is 0.472 e. The van der Waals surface area contributed by atoms with E-state index < -0.39 is 20.0 Å². The minimum atomic E-state index is -4.29. The lowest BCUT2D eigenvalue weighted by molar-refractivity contribution is -0.147. The molecule has 0 heterocycles. The Balaban J connectivity index is 4.29. The van der Waals surface area contributed by atoms with Crippen LogP contribution in [-0.2, 0) is 27.9 Å². The lowest BCUT2D eigenvalue weighted by atomic mass is 10.1. The Bertz CT molecular complexity index is 1100. The lowest BCUT2D eigenvalue weighted by Crippen LogP contribution is -2.25. The molecule has 0 fully saturated rings. The second-order valence-electron chi connectivity index (χ2n) is 13.0. The Morgan fingerprint density at radius 3 is 1.96 bits per heavy atom. The van der Waals surface area contributed by atoms with Crippen LogP contribution in [0.3, 0.4) is 0 Å². The average molecular weight is 764 g/mol. The molecule has 10 heteroatoms. The van der Waals surface area contributed by atoms with Crippen molar-refractivity contribution in [3.05, 3.63) is 85.3 Å². The molecule has 0 spiro atoms. The van der Waals surface area contributed by atoms with Gasteiger partial charge >= 0.3 is 13.8 Å². The summed E-state index contributed by atoms with van der Waals surface area (Å²) < 4.78 is 33.0. The fourth-order valence-electron chi connectivity index (χ4n) is 4.91. The minimum absolute atomic E-state index is 0.0805. The molecule has 2 unspecified atom stereocenters. The van der Waals surface area contributed by atoms with Crippen LogP contribution >= 0.6 is 7.82 Å². The van der Waals surface area contributed by atoms with Gasteiger partial charge in [-0.1, -0.05) is 132 Å². The third kappa shape index (κ3) is 39.0. The number of phosphoric acid groups is 1. The van der Waals surface area contributed by atoms with Gasteiger partial charge in [-0.15, -0.1) is 0 Å². The highest BCUT2D eigenvalue weighted by molar-refractivity contribution is 7.47. The number of carbonyl (C=O) groups excluding carboxylic acids is 1. The van der Waals surface area contributed by atoms with Crippen molar-refractivity contribution in [1.29, 1.82) is 0 Å². The highest BCUT2D eigenvalue weighted by Crippen LogP contribution is 2.43. The standard InChI is InChI=1S/C43H74NO8P/c1-3-5-7-8-9-10-11-12-13-14-17-20-23-26-29-32-37-49-42(40-52-53(47,48)51-38-36-44)39-50-43(46)35-31-28-25-22-19-16-15-18-21-24-27-30-34-41(45)33-6-4-2/h6,12-13,15-16,21-22,24-25,27,30,32-33,37,41-42,45H,3-5,7-11,14,17-20,23,26,28-29,31,34-36,38-40,44H2,1-2H3,(H,47,48)/b13-12-,16-15-,24-21-,25-22-,30-27+,33-6-,37-32+/t41?,42-/m1/s1. The highest BCUT2D eigenvalue weighted by Gasteiger charge is 2.24. The maximum atomic E-state index is 12.4. The summed E-state index contributed by atoms with van der Waals surface area (Å²) >= 11 is 0. The Morgan fingerprint density at radius 1 is 0.698 bits per heavy atom. The summed E-state index contributed by atoms with van der Waals surface area (Å²) in [5.41, 5.74) is 5.35. The van der Waals surface area contributed by atoms with E-state index >= 15 is 0 Å². The Kier molecular flexibility index (Phi) is 37.3. The minimum Gasteiger partial charge on any atom is -0.492 e. The topological polar surface area (TPSA) is 138 Å². The van der Waals surface area contributed by atoms with Crippen LogP contribution in [0.4, 0.5) is 0 Å². The van der Waals surface area contributed by atoms with E-state index in [1.54, 1.807) is 6.26 Å². The SMILES string of the molecule is CC/C=C\C(O)C/C=C/C=C\C/C=C\C/C=C\CCCC(=O)OC[C@H](COP(=O)(O)OCCN)O/C=C/CCCCCC/C=C\CCCCCCCC. The number of esters is 1. The van der Waals surface area contributed by atoms with Gasteiger partial charge in [0, 0.05) is 13.0 Å². The molecule has 0 aromatic carbocycles. The molecular formula is C43H74NO8P. The molecule has 0 aliphatic carbocycles. The quantitative estimate of drug-likeness (QED) is 0.0141. The molecule has 9 nitrogen and oxygen atoms in total. The van der Waals surface area contributed by atoms with E-state index in [2.05, 4.69) is 43.4 Å². The molecule has 0 aromatic heterocycles. The van der Waals surface area contributed by atoms with Crippen molar-refractivity contribution >= 4 is 13.8 Å². The maximum absolute atomic E-state index is 12.4. The number of carbonyl (C=O) groups is 1. The fourth-order valence-corrected chi connectivity index (χ4v) is 5.68. The number of aliphatic hydroxyl groups is 1. The number of allylic oxidation sites excluding steroid dienone is 11. The predicted octanol–water partition coefficient (Wildman–Crippen LogP) is 11.1. The molecule has 0 aromatic rings. The Hall–Kier alpha value is -2.52. The van der Waals surface area contributed by atoms with Crippen LogP contribution < -0.4 is 5.73 Å². The normalized spacial score (nSPS) is 15.0. The number of nitrogens with two attached hydrogens (primary N) is 1. The third-order valence-electron chi connectivity index (χ3n) is 7.96. The van der Waals surface area contributed by atoms with Gasteiger partial charge in [0.15, 0.2) is 6.10 Å². The van der Waals surface area contributed by atoms with Crippen molar-refractivity contribution < 1.29 is 37.9 Å². The summed E-state index contributed by atoms with van der Waals surface area (Å²) in [7, 11) is -4.29. The second kappa shape index (κ2) is 39.2. The molecule has 0 radical (unpaired) electrons. The summed E-state index contributed by atoms with van der Waals surface area (Å²) in [5, 5.41) is 9.75. The van der Waals surface area contributed by atoms with Crippen LogP contribution in [0.1, 0.15) is 142 Å². The zero-order valence-corrected chi connectivity index (χ0v) is 34.0. The van der Waals surface area contributed by atoms with E-state index in [9.17, 15) is 19.4 Å². The summed E-state index contributed by atoms with van der Waals surface area (Å²) in [6.45, 7) is 3.86. The van der Waals surface area contributed by atoms with Gasteiger partial charge < -0.3 is 25.2 Å². The van der Waals surface area contributed by atoms with E-state index in [4.69, 9.17) is 24.3 Å². The van der Waals surface area contributed by atoms with Gasteiger partial charge in [0.05, 0.1) is 25.6 Å². The number of unbranched alkanes of at least 4 members (excludes halogenated alkanes) is 12. The van der Waals surface area contributed by atoms with Crippen LogP contribution in [0.2, 0.25) is 0 Å². The van der Waals surface area contributed by atoms with Gasteiger partial charge in [-0.2, -0.15) is 0 Å². The summed E-state index contributed by atoms with van der Waals surface area (Å²) in [6, 6.07) is 0. The van der Waals surface area contributed by atoms with E-state index in [0.29, 0.717) is 12.8 Å². The third-order valence-corrected chi connectivity index (χ3v) is 8.94. The van der Waals surface area contributed by atoms with Crippen molar-refractivity contribution in [2.45, 2.75) is 154 Å². The molecular weight excluding hydrogens is 689 g/mol. The first-order valence-electron chi connectivity index (χ1n) is 20.2. The molecule has 0 rings (SSSR count). The molecule has 3 atom stereocenters. The smallest absolute Gasteiger partial charge is 0.472 e. The van der Waals surface area contributed by atoms with Gasteiger partial charge in [0.1, 0.15) is 6.61 Å². The van der Waals surface area contributed by atoms with Crippen LogP contribution in [0, 0.1) is 0 Å². The largest absolute Gasteiger partial charge is 0.492 e. The van der Waals surface area contributed by atoms with Crippen LogP contribution in [0.25, 0.3) is 0 Å². The first-order valence-corrected chi connectivity index (χ1v) is 21.7. The molecule has 4 N–H and O–H groups in total. The van der Waals surface area contributed by atoms with Crippen molar-refractivity contribution in [3.63, 3.8) is 0 Å². The number of ether oxygens (including phenoxy) is 2. The molecule has 0 aliphatic rings. The molecule has 0 amide bonds. The Labute approximate surface area is 322 Å². The van der Waals surface area contributed by atoms with Crippen LogP contribution in [0.15, 0.2) is 85.3 Å². The average Bonchev–Trinajstić information content (AvgIpc) is 3.15. The first kappa shape index (κ1) is 50.5. The molecule has 304 valence electrons. The molecule has 53 heavy (non-hydrogen) atoms. The lowest BCUT2D eigenvalue weighted by Gasteiger charge is -2.19. The predicted molar refractivity (Wildman–Crippen MR) is 220 cm³/mol. The van der Waals surface area contributed by atoms with Gasteiger partial charge in [-0.3, -0.25) is 13.8 Å². The van der Waals surface area contributed by atoms with E-state index in [1.165, 1.54) is 57.8 Å². The number of phosphoric ester groups is 1. The zero-order chi connectivity index (χ0) is 38.9. The van der Waals surface area contributed by atoms with E-state index in [-0.39, 0.29) is 38.8 Å². The number of aliphatic hydroxyl groups excluding tert-OH is 1. The van der Waals surface area contributed by atoms with Gasteiger partial charge in [-0.05, 0) is 83.1 Å². The van der Waals surface area contributed by atoms with Gasteiger partial charge in [-0.25, -0.2) is 4.57 Å². The van der Waals surface area contributed by atoms with Crippen molar-refractivity contribution in [1.82, 2.24) is 0 Å². The summed E-state index contributed by atoms with van der Waals surface area (Å²) in [5.74, 6) is -0.368. The number of hydrogen-bond acceptors (Lipinski definition) is 8. The molecule has 0 saturated heterocycles. The molecule has 0 saturated carbocycles. The number of rotatable bonds is 37. The van der Waals surface area contributed by atoms with Crippen LogP contribution in [-0.4, -0.2) is 54.5 Å². The highest BCUT2D eigenvalue weighted by atomic mass is 31.2. The van der Waals surface area contributed by atoms with Crippen molar-refractivity contribution in [2.75, 3.05) is 26.4 Å². The zero-order valence-electron chi connectivity index (χ0n) is 33.1. The van der Waals surface area contributed by atoms with Crippen LogP contribution in [0.5, 0.6) is 0 Å². The van der Waals surface area contributed by atoms with Gasteiger partial charge in [0.25, 0.3) is 0 Å². The number of hydrogen-bond donors (Lipinski definition) is 3. The van der Waals surface area contributed by atoms with Crippen molar-refractivity contribution in [3.8, 4) is 0 Å². The Morgan fingerprint density at radius 2 is 1.28 bits per heavy atom. The molecule has 0 aliphatic heterocycles. The summed E-state index contributed by atoms with van der Waals surface area (Å²) in [6.07, 6.45) is 47.6.